The smallest absolute Gasteiger partial charge is 0.190 e. The highest BCUT2D eigenvalue weighted by Crippen LogP contribution is 2.68. The Kier molecular flexibility index (Phi) is 8.11. The third kappa shape index (κ3) is 5.38. The summed E-state index contributed by atoms with van der Waals surface area (Å²) in [6.45, 7) is 25.2. The number of hydrogen-bond acceptors (Lipinski definition) is 2. The third-order valence-electron chi connectivity index (χ3n) is 11.5. The summed E-state index contributed by atoms with van der Waals surface area (Å²) in [6, 6.07) is 2.14. The van der Waals surface area contributed by atoms with E-state index in [4.69, 9.17) is 8.85 Å². The first-order valence-electron chi connectivity index (χ1n) is 14.9. The van der Waals surface area contributed by atoms with Gasteiger partial charge in [0.05, 0.1) is 0 Å². The molecule has 0 heterocycles. The van der Waals surface area contributed by atoms with Gasteiger partial charge in [-0.3, -0.25) is 0 Å². The largest absolute Gasteiger partial charge is 0.414 e. The Morgan fingerprint density at radius 3 is 2.14 bits per heavy atom. The van der Waals surface area contributed by atoms with E-state index in [1.807, 2.05) is 0 Å². The van der Waals surface area contributed by atoms with E-state index in [2.05, 4.69) is 72.3 Å². The minimum atomic E-state index is -1.65. The summed E-state index contributed by atoms with van der Waals surface area (Å²) >= 11 is 0. The topological polar surface area (TPSA) is 18.5 Å². The van der Waals surface area contributed by atoms with Gasteiger partial charge in [-0.2, -0.15) is 0 Å². The second-order valence-corrected chi connectivity index (χ2v) is 23.1. The molecule has 0 aromatic carbocycles. The summed E-state index contributed by atoms with van der Waals surface area (Å²) in [7, 11) is -3.26. The van der Waals surface area contributed by atoms with Crippen LogP contribution in [0.15, 0.2) is 25.3 Å². The van der Waals surface area contributed by atoms with E-state index in [-0.39, 0.29) is 0 Å². The van der Waals surface area contributed by atoms with Gasteiger partial charge < -0.3 is 8.85 Å². The molecule has 0 N–H and O–H groups in total. The van der Waals surface area contributed by atoms with E-state index < -0.39 is 16.6 Å². The summed E-state index contributed by atoms with van der Waals surface area (Å²) in [5.41, 5.74) is 1.01. The fourth-order valence-electron chi connectivity index (χ4n) is 9.97. The second kappa shape index (κ2) is 10.2. The number of hydrogen-bond donors (Lipinski definition) is 0. The molecule has 0 bridgehead atoms. The highest BCUT2D eigenvalue weighted by Gasteiger charge is 2.61. The molecule has 4 heteroatoms. The van der Waals surface area contributed by atoms with Crippen molar-refractivity contribution in [3.05, 3.63) is 25.3 Å². The maximum Gasteiger partial charge on any atom is 0.190 e. The van der Waals surface area contributed by atoms with Gasteiger partial charge in [-0.05, 0) is 143 Å². The molecule has 0 aliphatic heterocycles. The van der Waals surface area contributed by atoms with Crippen molar-refractivity contribution in [2.24, 2.45) is 40.4 Å². The summed E-state index contributed by atoms with van der Waals surface area (Å²) in [6.07, 6.45) is 17.6. The van der Waals surface area contributed by atoms with Crippen LogP contribution >= 0.6 is 0 Å². The molecular formula is C31H56O2Si2. The Morgan fingerprint density at radius 2 is 1.46 bits per heavy atom. The Morgan fingerprint density at radius 1 is 0.829 bits per heavy atom. The molecule has 4 aliphatic rings. The minimum absolute atomic E-state index is 0.394. The molecule has 0 aromatic rings. The predicted molar refractivity (Wildman–Crippen MR) is 156 cm³/mol. The SMILES string of the molecule is C=CC[Si](C)(C)O[C@H]1CC[C@@]2(C)[C@@H](CC[C@@H]3[C@@H]2CC[C@]2(C)[C@@H]([C@H](C)O[Si](C)(C)CC=C)CC[C@@H]32)C1. The minimum Gasteiger partial charge on any atom is -0.414 e. The second-order valence-electron chi connectivity index (χ2n) is 14.7. The monoisotopic (exact) mass is 516 g/mol. The fourth-order valence-corrected chi connectivity index (χ4v) is 13.8. The van der Waals surface area contributed by atoms with Gasteiger partial charge in [0.1, 0.15) is 0 Å². The van der Waals surface area contributed by atoms with E-state index in [9.17, 15) is 0 Å². The zero-order chi connectivity index (χ0) is 25.6. The lowest BCUT2D eigenvalue weighted by atomic mass is 9.44. The molecule has 0 radical (unpaired) electrons. The Balaban J connectivity index is 1.44. The molecule has 35 heavy (non-hydrogen) atoms. The lowest BCUT2D eigenvalue weighted by Crippen LogP contribution is -2.55. The van der Waals surface area contributed by atoms with Crippen LogP contribution in [-0.4, -0.2) is 28.8 Å². The van der Waals surface area contributed by atoms with Crippen LogP contribution < -0.4 is 0 Å². The van der Waals surface area contributed by atoms with E-state index in [1.54, 1.807) is 0 Å². The Bertz CT molecular complexity index is 778. The van der Waals surface area contributed by atoms with Crippen molar-refractivity contribution < 1.29 is 8.85 Å². The van der Waals surface area contributed by atoms with Crippen LogP contribution in [0.5, 0.6) is 0 Å². The summed E-state index contributed by atoms with van der Waals surface area (Å²) in [5.74, 6) is 4.38. The average Bonchev–Trinajstić information content (AvgIpc) is 3.10. The molecule has 200 valence electrons. The normalized spacial score (nSPS) is 42.5. The molecule has 9 atom stereocenters. The molecule has 4 rings (SSSR count). The number of allylic oxidation sites excluding steroid dienone is 2. The van der Waals surface area contributed by atoms with Gasteiger partial charge in [0.25, 0.3) is 0 Å². The highest BCUT2D eigenvalue weighted by atomic mass is 28.4. The first-order valence-corrected chi connectivity index (χ1v) is 21.2. The van der Waals surface area contributed by atoms with Crippen molar-refractivity contribution in [2.45, 2.75) is 129 Å². The van der Waals surface area contributed by atoms with Crippen molar-refractivity contribution in [2.75, 3.05) is 0 Å². The van der Waals surface area contributed by atoms with Gasteiger partial charge in [0, 0.05) is 12.2 Å². The van der Waals surface area contributed by atoms with Crippen molar-refractivity contribution in [3.8, 4) is 0 Å². The van der Waals surface area contributed by atoms with Gasteiger partial charge in [0.15, 0.2) is 16.6 Å². The van der Waals surface area contributed by atoms with Crippen LogP contribution in [0, 0.1) is 40.4 Å². The number of fused-ring (bicyclic) bond motifs is 5. The molecule has 0 unspecified atom stereocenters. The molecule has 4 fully saturated rings. The van der Waals surface area contributed by atoms with Crippen LogP contribution in [0.25, 0.3) is 0 Å². The molecule has 4 aliphatic carbocycles. The Labute approximate surface area is 220 Å². The summed E-state index contributed by atoms with van der Waals surface area (Å²) in [4.78, 5) is 0. The lowest BCUT2D eigenvalue weighted by Gasteiger charge is -2.61. The van der Waals surface area contributed by atoms with Gasteiger partial charge in [-0.15, -0.1) is 13.2 Å². The van der Waals surface area contributed by atoms with Crippen LogP contribution in [0.1, 0.15) is 78.6 Å². The molecule has 4 saturated carbocycles. The van der Waals surface area contributed by atoms with Crippen molar-refractivity contribution >= 4 is 16.6 Å². The number of rotatable bonds is 9. The Hall–Kier alpha value is -0.166. The zero-order valence-corrected chi connectivity index (χ0v) is 26.2. The highest BCUT2D eigenvalue weighted by molar-refractivity contribution is 6.72. The van der Waals surface area contributed by atoms with Gasteiger partial charge in [0.2, 0.25) is 0 Å². The fraction of sp³-hybridized carbons (Fsp3) is 0.871. The third-order valence-corrected chi connectivity index (χ3v) is 16.0. The molecule has 0 aromatic heterocycles. The van der Waals surface area contributed by atoms with Crippen molar-refractivity contribution in [3.63, 3.8) is 0 Å². The van der Waals surface area contributed by atoms with Crippen LogP contribution in [0.4, 0.5) is 0 Å². The van der Waals surface area contributed by atoms with E-state index in [1.165, 1.54) is 57.8 Å². The van der Waals surface area contributed by atoms with E-state index in [0.717, 1.165) is 41.7 Å². The van der Waals surface area contributed by atoms with E-state index >= 15 is 0 Å². The quantitative estimate of drug-likeness (QED) is 0.224. The van der Waals surface area contributed by atoms with Crippen molar-refractivity contribution in [1.82, 2.24) is 0 Å². The summed E-state index contributed by atoms with van der Waals surface area (Å²) in [5, 5.41) is 0. The molecule has 0 amide bonds. The predicted octanol–water partition coefficient (Wildman–Crippen LogP) is 9.22. The van der Waals surface area contributed by atoms with Gasteiger partial charge in [-0.25, -0.2) is 0 Å². The van der Waals surface area contributed by atoms with Crippen LogP contribution in [-0.2, 0) is 8.85 Å². The van der Waals surface area contributed by atoms with Gasteiger partial charge in [-0.1, -0.05) is 26.0 Å². The first kappa shape index (κ1) is 27.9. The molecule has 2 nitrogen and oxygen atoms in total. The maximum absolute atomic E-state index is 6.84. The summed E-state index contributed by atoms with van der Waals surface area (Å²) < 4.78 is 13.6. The lowest BCUT2D eigenvalue weighted by molar-refractivity contribution is -0.129. The van der Waals surface area contributed by atoms with Crippen LogP contribution in [0.3, 0.4) is 0 Å². The molecule has 0 saturated heterocycles. The van der Waals surface area contributed by atoms with Gasteiger partial charge >= 0.3 is 0 Å². The standard InChI is InChI=1S/C31H56O2Si2/c1-10-20-34(6,7)32-23(3)27-14-15-28-26-13-12-24-22-25(33-35(8,9)21-11-2)16-18-30(24,4)29(26)17-19-31(27,28)5/h10-11,23-29H,1-2,12-22H2,3-9H3/t23-,24-,25-,26-,27+,28-,29-,30-,31+/m0/s1. The molecule has 0 spiro atoms. The zero-order valence-electron chi connectivity index (χ0n) is 24.2. The average molecular weight is 517 g/mol. The van der Waals surface area contributed by atoms with Crippen molar-refractivity contribution in [1.29, 1.82) is 0 Å². The van der Waals surface area contributed by atoms with E-state index in [0.29, 0.717) is 23.0 Å². The maximum atomic E-state index is 6.84. The first-order chi connectivity index (χ1) is 16.4. The van der Waals surface area contributed by atoms with Crippen LogP contribution in [0.2, 0.25) is 38.3 Å². The molecular weight excluding hydrogens is 461 g/mol.